The first-order valence-electron chi connectivity index (χ1n) is 5.89. The molecule has 2 aromatic rings. The zero-order chi connectivity index (χ0) is 13.0. The van der Waals surface area contributed by atoms with E-state index in [9.17, 15) is 4.39 Å². The highest BCUT2D eigenvalue weighted by Gasteiger charge is 2.14. The molecule has 1 atom stereocenters. The molecule has 0 aromatic heterocycles. The minimum absolute atomic E-state index is 0.0336. The fraction of sp³-hybridized carbons (Fsp3) is 0.200. The normalized spacial score (nSPS) is 12.4. The Kier molecular flexibility index (Phi) is 4.72. The van der Waals surface area contributed by atoms with Crippen LogP contribution in [-0.2, 0) is 6.42 Å². The van der Waals surface area contributed by atoms with Crippen LogP contribution in [0.1, 0.15) is 17.0 Å². The van der Waals surface area contributed by atoms with E-state index in [2.05, 4.69) is 46.9 Å². The molecule has 1 unspecified atom stereocenters. The molecular weight excluding hydrogens is 340 g/mol. The molecule has 0 radical (unpaired) electrons. The van der Waals surface area contributed by atoms with E-state index < -0.39 is 0 Å². The van der Waals surface area contributed by atoms with E-state index >= 15 is 0 Å². The molecule has 0 heterocycles. The van der Waals surface area contributed by atoms with Crippen LogP contribution in [-0.4, -0.2) is 6.54 Å². The third-order valence-electron chi connectivity index (χ3n) is 3.02. The average Bonchev–Trinajstić information content (AvgIpc) is 2.39. The molecule has 0 saturated heterocycles. The molecular formula is C15H15FIN. The average molecular weight is 355 g/mol. The molecule has 0 spiro atoms. The Morgan fingerprint density at radius 3 is 2.33 bits per heavy atom. The lowest BCUT2D eigenvalue weighted by molar-refractivity contribution is 0.576. The van der Waals surface area contributed by atoms with Crippen molar-refractivity contribution in [1.82, 2.24) is 0 Å². The Bertz CT molecular complexity index is 510. The quantitative estimate of drug-likeness (QED) is 0.832. The van der Waals surface area contributed by atoms with Gasteiger partial charge in [-0.25, -0.2) is 4.39 Å². The van der Waals surface area contributed by atoms with Gasteiger partial charge in [0, 0.05) is 9.49 Å². The first kappa shape index (κ1) is 13.5. The SMILES string of the molecule is NCC(Cc1ccc(I)cc1)c1ccccc1F. The van der Waals surface area contributed by atoms with Crippen molar-refractivity contribution in [2.45, 2.75) is 12.3 Å². The highest BCUT2D eigenvalue weighted by Crippen LogP contribution is 2.22. The predicted octanol–water partition coefficient (Wildman–Crippen LogP) is 3.72. The molecule has 0 aliphatic rings. The topological polar surface area (TPSA) is 26.0 Å². The van der Waals surface area contributed by atoms with Crippen LogP contribution in [0.25, 0.3) is 0 Å². The van der Waals surface area contributed by atoms with Gasteiger partial charge in [0.1, 0.15) is 5.82 Å². The van der Waals surface area contributed by atoms with Gasteiger partial charge in [0.2, 0.25) is 0 Å². The van der Waals surface area contributed by atoms with E-state index in [0.717, 1.165) is 6.42 Å². The van der Waals surface area contributed by atoms with Crippen LogP contribution in [0.15, 0.2) is 48.5 Å². The summed E-state index contributed by atoms with van der Waals surface area (Å²) in [6.07, 6.45) is 0.772. The first-order valence-corrected chi connectivity index (χ1v) is 6.97. The summed E-state index contributed by atoms with van der Waals surface area (Å²) in [6.45, 7) is 0.451. The van der Waals surface area contributed by atoms with Crippen LogP contribution in [0.3, 0.4) is 0 Å². The second kappa shape index (κ2) is 6.29. The zero-order valence-electron chi connectivity index (χ0n) is 9.94. The van der Waals surface area contributed by atoms with Gasteiger partial charge in [-0.2, -0.15) is 0 Å². The van der Waals surface area contributed by atoms with Gasteiger partial charge >= 0.3 is 0 Å². The van der Waals surface area contributed by atoms with Crippen molar-refractivity contribution in [2.24, 2.45) is 5.73 Å². The summed E-state index contributed by atoms with van der Waals surface area (Å²) in [5.74, 6) is -0.135. The minimum Gasteiger partial charge on any atom is -0.330 e. The molecule has 2 N–H and O–H groups in total. The summed E-state index contributed by atoms with van der Waals surface area (Å²) < 4.78 is 14.9. The van der Waals surface area contributed by atoms with Gasteiger partial charge in [0.05, 0.1) is 0 Å². The molecule has 0 amide bonds. The molecule has 0 aliphatic carbocycles. The highest BCUT2D eigenvalue weighted by atomic mass is 127. The highest BCUT2D eigenvalue weighted by molar-refractivity contribution is 14.1. The number of benzene rings is 2. The van der Waals surface area contributed by atoms with Crippen LogP contribution in [0, 0.1) is 9.39 Å². The largest absolute Gasteiger partial charge is 0.330 e. The van der Waals surface area contributed by atoms with Crippen molar-refractivity contribution in [3.8, 4) is 0 Å². The summed E-state index contributed by atoms with van der Waals surface area (Å²) in [7, 11) is 0. The Morgan fingerprint density at radius 1 is 1.06 bits per heavy atom. The summed E-state index contributed by atoms with van der Waals surface area (Å²) in [4.78, 5) is 0. The fourth-order valence-corrected chi connectivity index (χ4v) is 2.39. The molecule has 0 saturated carbocycles. The van der Waals surface area contributed by atoms with Gasteiger partial charge in [0.15, 0.2) is 0 Å². The number of nitrogens with two attached hydrogens (primary N) is 1. The molecule has 94 valence electrons. The van der Waals surface area contributed by atoms with Crippen LogP contribution < -0.4 is 5.73 Å². The van der Waals surface area contributed by atoms with E-state index in [1.807, 2.05) is 12.1 Å². The molecule has 0 bridgehead atoms. The lowest BCUT2D eigenvalue weighted by atomic mass is 9.92. The van der Waals surface area contributed by atoms with Crippen LogP contribution in [0.4, 0.5) is 4.39 Å². The van der Waals surface area contributed by atoms with E-state index in [1.165, 1.54) is 15.2 Å². The Labute approximate surface area is 120 Å². The third kappa shape index (κ3) is 3.29. The Hall–Kier alpha value is -0.940. The van der Waals surface area contributed by atoms with Crippen molar-refractivity contribution in [2.75, 3.05) is 6.54 Å². The molecule has 0 aliphatic heterocycles. The van der Waals surface area contributed by atoms with E-state index in [1.54, 1.807) is 6.07 Å². The minimum atomic E-state index is -0.168. The molecule has 3 heteroatoms. The smallest absolute Gasteiger partial charge is 0.126 e. The molecule has 2 rings (SSSR count). The molecule has 1 nitrogen and oxygen atoms in total. The second-order valence-electron chi connectivity index (χ2n) is 4.28. The van der Waals surface area contributed by atoms with E-state index in [0.29, 0.717) is 12.1 Å². The van der Waals surface area contributed by atoms with Crippen LogP contribution >= 0.6 is 22.6 Å². The zero-order valence-corrected chi connectivity index (χ0v) is 12.1. The van der Waals surface area contributed by atoms with Crippen LogP contribution in [0.5, 0.6) is 0 Å². The Morgan fingerprint density at radius 2 is 1.72 bits per heavy atom. The van der Waals surface area contributed by atoms with Gasteiger partial charge in [-0.3, -0.25) is 0 Å². The standard InChI is InChI=1S/C15H15FIN/c16-15-4-2-1-3-14(15)12(10-18)9-11-5-7-13(17)8-6-11/h1-8,12H,9-10,18H2. The van der Waals surface area contributed by atoms with Crippen LogP contribution in [0.2, 0.25) is 0 Å². The number of hydrogen-bond donors (Lipinski definition) is 1. The van der Waals surface area contributed by atoms with Crippen molar-refractivity contribution in [1.29, 1.82) is 0 Å². The fourth-order valence-electron chi connectivity index (χ4n) is 2.03. The summed E-state index contributed by atoms with van der Waals surface area (Å²) in [6, 6.07) is 15.1. The van der Waals surface area contributed by atoms with Gasteiger partial charge < -0.3 is 5.73 Å². The van der Waals surface area contributed by atoms with Gasteiger partial charge in [0.25, 0.3) is 0 Å². The lowest BCUT2D eigenvalue weighted by Crippen LogP contribution is -2.16. The van der Waals surface area contributed by atoms with Crippen molar-refractivity contribution in [3.05, 3.63) is 69.0 Å². The summed E-state index contributed by atoms with van der Waals surface area (Å²) in [5.41, 5.74) is 7.68. The van der Waals surface area contributed by atoms with E-state index in [4.69, 9.17) is 5.73 Å². The van der Waals surface area contributed by atoms with Gasteiger partial charge in [-0.05, 0) is 64.9 Å². The summed E-state index contributed by atoms with van der Waals surface area (Å²) in [5, 5.41) is 0. The van der Waals surface area contributed by atoms with Crippen molar-refractivity contribution in [3.63, 3.8) is 0 Å². The van der Waals surface area contributed by atoms with Gasteiger partial charge in [-0.1, -0.05) is 30.3 Å². The number of rotatable bonds is 4. The molecule has 0 fully saturated rings. The maximum Gasteiger partial charge on any atom is 0.126 e. The number of halogens is 2. The molecule has 2 aromatic carbocycles. The predicted molar refractivity (Wildman–Crippen MR) is 81.1 cm³/mol. The lowest BCUT2D eigenvalue weighted by Gasteiger charge is -2.16. The Balaban J connectivity index is 2.20. The maximum absolute atomic E-state index is 13.7. The summed E-state index contributed by atoms with van der Waals surface area (Å²) >= 11 is 2.27. The third-order valence-corrected chi connectivity index (χ3v) is 3.74. The van der Waals surface area contributed by atoms with Crippen molar-refractivity contribution < 1.29 is 4.39 Å². The van der Waals surface area contributed by atoms with E-state index in [-0.39, 0.29) is 11.7 Å². The van der Waals surface area contributed by atoms with Gasteiger partial charge in [-0.15, -0.1) is 0 Å². The molecule has 18 heavy (non-hydrogen) atoms. The maximum atomic E-state index is 13.7. The van der Waals surface area contributed by atoms with Crippen molar-refractivity contribution >= 4 is 22.6 Å². The second-order valence-corrected chi connectivity index (χ2v) is 5.53. The first-order chi connectivity index (χ1) is 8.70. The number of hydrogen-bond acceptors (Lipinski definition) is 1. The monoisotopic (exact) mass is 355 g/mol.